The van der Waals surface area contributed by atoms with Crippen LogP contribution in [-0.2, 0) is 10.1 Å². The highest BCUT2D eigenvalue weighted by Crippen LogP contribution is 2.21. The van der Waals surface area contributed by atoms with Gasteiger partial charge in [-0.2, -0.15) is 0 Å². The van der Waals surface area contributed by atoms with Crippen molar-refractivity contribution < 1.29 is 18.3 Å². The van der Waals surface area contributed by atoms with E-state index < -0.39 is 10.1 Å². The third kappa shape index (κ3) is 9.89. The van der Waals surface area contributed by atoms with E-state index in [4.69, 9.17) is 0 Å². The Hall–Kier alpha value is -1.43. The second-order valence-electron chi connectivity index (χ2n) is 6.92. The lowest BCUT2D eigenvalue weighted by Crippen LogP contribution is -2.84. The highest BCUT2D eigenvalue weighted by atomic mass is 32.2. The minimum absolute atomic E-state index is 0.157. The van der Waals surface area contributed by atoms with E-state index in [1.54, 1.807) is 36.4 Å². The summed E-state index contributed by atoms with van der Waals surface area (Å²) < 4.78 is 32.7. The van der Waals surface area contributed by atoms with Crippen LogP contribution >= 0.6 is 0 Å². The SMILES string of the molecule is CCCCCC[NH2+]CCCCCC.O=S(=O)([O-])c1cccc2ccccc12. The Morgan fingerprint density at radius 3 is 1.89 bits per heavy atom. The Kier molecular flexibility index (Phi) is 12.0. The van der Waals surface area contributed by atoms with E-state index in [1.807, 2.05) is 0 Å². The molecule has 2 aromatic carbocycles. The number of hydrogen-bond donors (Lipinski definition) is 1. The molecule has 152 valence electrons. The second-order valence-corrected chi connectivity index (χ2v) is 8.27. The molecule has 2 N–H and O–H groups in total. The predicted molar refractivity (Wildman–Crippen MR) is 112 cm³/mol. The number of nitrogens with two attached hydrogens (primary N) is 1. The molecule has 0 radical (unpaired) electrons. The highest BCUT2D eigenvalue weighted by Gasteiger charge is 2.05. The number of quaternary nitrogens is 1. The topological polar surface area (TPSA) is 73.8 Å². The van der Waals surface area contributed by atoms with E-state index in [-0.39, 0.29) is 4.90 Å². The number of benzene rings is 2. The van der Waals surface area contributed by atoms with Crippen molar-refractivity contribution in [3.8, 4) is 0 Å². The molecular formula is C22H35NO3S. The van der Waals surface area contributed by atoms with E-state index in [0.29, 0.717) is 5.39 Å². The van der Waals surface area contributed by atoms with Crippen LogP contribution in [0, 0.1) is 0 Å². The summed E-state index contributed by atoms with van der Waals surface area (Å²) in [6.45, 7) is 7.25. The predicted octanol–water partition coefficient (Wildman–Crippen LogP) is 4.45. The van der Waals surface area contributed by atoms with E-state index in [0.717, 1.165) is 5.39 Å². The molecule has 0 saturated carbocycles. The molecule has 0 saturated heterocycles. The zero-order valence-corrected chi connectivity index (χ0v) is 17.6. The van der Waals surface area contributed by atoms with Gasteiger partial charge in [0.25, 0.3) is 0 Å². The standard InChI is InChI=1S/C12H27N.C10H8O3S/c1-3-5-7-9-11-13-12-10-8-6-4-2;11-14(12,13)10-7-3-5-8-4-1-2-6-9(8)10/h13H,3-12H2,1-2H3;1-7H,(H,11,12,13). The van der Waals surface area contributed by atoms with Gasteiger partial charge >= 0.3 is 0 Å². The lowest BCUT2D eigenvalue weighted by Gasteiger charge is -2.09. The van der Waals surface area contributed by atoms with E-state index in [9.17, 15) is 13.0 Å². The van der Waals surface area contributed by atoms with Crippen molar-refractivity contribution >= 4 is 20.9 Å². The van der Waals surface area contributed by atoms with Crippen LogP contribution in [0.3, 0.4) is 0 Å². The lowest BCUT2D eigenvalue weighted by molar-refractivity contribution is -0.655. The number of fused-ring (bicyclic) bond motifs is 1. The van der Waals surface area contributed by atoms with Crippen LogP contribution < -0.4 is 5.32 Å². The lowest BCUT2D eigenvalue weighted by atomic mass is 10.1. The van der Waals surface area contributed by atoms with Gasteiger partial charge in [-0.25, -0.2) is 8.42 Å². The van der Waals surface area contributed by atoms with Gasteiger partial charge in [-0.05, 0) is 42.5 Å². The van der Waals surface area contributed by atoms with E-state index in [2.05, 4.69) is 19.2 Å². The molecule has 0 aliphatic carbocycles. The van der Waals surface area contributed by atoms with Gasteiger partial charge in [-0.15, -0.1) is 0 Å². The maximum Gasteiger partial charge on any atom is 0.125 e. The molecule has 27 heavy (non-hydrogen) atoms. The molecule has 0 aromatic heterocycles. The van der Waals surface area contributed by atoms with Gasteiger partial charge in [0.15, 0.2) is 0 Å². The fourth-order valence-corrected chi connectivity index (χ4v) is 3.69. The molecular weight excluding hydrogens is 358 g/mol. The Morgan fingerprint density at radius 2 is 1.33 bits per heavy atom. The monoisotopic (exact) mass is 393 g/mol. The summed E-state index contributed by atoms with van der Waals surface area (Å²) in [5, 5.41) is 3.72. The summed E-state index contributed by atoms with van der Waals surface area (Å²) in [6.07, 6.45) is 11.3. The van der Waals surface area contributed by atoms with Crippen molar-refractivity contribution in [2.24, 2.45) is 0 Å². The highest BCUT2D eigenvalue weighted by molar-refractivity contribution is 7.86. The van der Waals surface area contributed by atoms with Gasteiger partial charge in [0.05, 0.1) is 18.0 Å². The Labute approximate surface area is 165 Å². The zero-order chi connectivity index (χ0) is 20.0. The molecule has 0 atom stereocenters. The first-order valence-electron chi connectivity index (χ1n) is 10.3. The molecule has 4 nitrogen and oxygen atoms in total. The van der Waals surface area contributed by atoms with Crippen molar-refractivity contribution in [1.29, 1.82) is 0 Å². The quantitative estimate of drug-likeness (QED) is 0.452. The van der Waals surface area contributed by atoms with Crippen LogP contribution in [0.25, 0.3) is 10.8 Å². The smallest absolute Gasteiger partial charge is 0.125 e. The van der Waals surface area contributed by atoms with Gasteiger partial charge in [0.2, 0.25) is 0 Å². The van der Waals surface area contributed by atoms with Crippen LogP contribution in [0.2, 0.25) is 0 Å². The van der Waals surface area contributed by atoms with Gasteiger partial charge in [-0.1, -0.05) is 75.9 Å². The Balaban J connectivity index is 0.000000271. The van der Waals surface area contributed by atoms with E-state index in [1.165, 1.54) is 70.5 Å². The van der Waals surface area contributed by atoms with Crippen LogP contribution in [0.1, 0.15) is 65.2 Å². The molecule has 0 aliphatic rings. The van der Waals surface area contributed by atoms with Crippen molar-refractivity contribution in [2.75, 3.05) is 13.1 Å². The molecule has 2 rings (SSSR count). The molecule has 5 heteroatoms. The summed E-state index contributed by atoms with van der Waals surface area (Å²) >= 11 is 0. The summed E-state index contributed by atoms with van der Waals surface area (Å²) in [4.78, 5) is -0.157. The van der Waals surface area contributed by atoms with Gasteiger partial charge in [0, 0.05) is 0 Å². The molecule has 0 bridgehead atoms. The maximum atomic E-state index is 10.9. The first-order chi connectivity index (χ1) is 13.0. The molecule has 0 unspecified atom stereocenters. The Bertz CT molecular complexity index is 729. The maximum absolute atomic E-state index is 10.9. The number of unbranched alkanes of at least 4 members (excludes halogenated alkanes) is 6. The van der Waals surface area contributed by atoms with Gasteiger partial charge in [-0.3, -0.25) is 0 Å². The first-order valence-corrected chi connectivity index (χ1v) is 11.7. The van der Waals surface area contributed by atoms with Crippen molar-refractivity contribution in [2.45, 2.75) is 70.1 Å². The molecule has 0 spiro atoms. The van der Waals surface area contributed by atoms with Gasteiger partial charge < -0.3 is 9.87 Å². The Morgan fingerprint density at radius 1 is 0.778 bits per heavy atom. The fourth-order valence-electron chi connectivity index (χ4n) is 2.99. The van der Waals surface area contributed by atoms with Crippen LogP contribution in [-0.4, -0.2) is 26.1 Å². The summed E-state index contributed by atoms with van der Waals surface area (Å²) in [6, 6.07) is 11.5. The minimum Gasteiger partial charge on any atom is -0.744 e. The molecule has 0 aliphatic heterocycles. The summed E-state index contributed by atoms with van der Waals surface area (Å²) in [7, 11) is -4.38. The second kappa shape index (κ2) is 13.7. The molecule has 2 aromatic rings. The average molecular weight is 394 g/mol. The zero-order valence-electron chi connectivity index (χ0n) is 16.8. The van der Waals surface area contributed by atoms with Crippen molar-refractivity contribution in [3.05, 3.63) is 42.5 Å². The summed E-state index contributed by atoms with van der Waals surface area (Å²) in [5.41, 5.74) is 0. The fraction of sp³-hybridized carbons (Fsp3) is 0.545. The molecule has 0 fully saturated rings. The normalized spacial score (nSPS) is 11.2. The third-order valence-corrected chi connectivity index (χ3v) is 5.44. The summed E-state index contributed by atoms with van der Waals surface area (Å²) in [5.74, 6) is 0. The van der Waals surface area contributed by atoms with Crippen LogP contribution in [0.15, 0.2) is 47.4 Å². The van der Waals surface area contributed by atoms with Gasteiger partial charge in [0.1, 0.15) is 10.1 Å². The average Bonchev–Trinajstić information content (AvgIpc) is 2.66. The largest absolute Gasteiger partial charge is 0.744 e. The first kappa shape index (κ1) is 23.6. The van der Waals surface area contributed by atoms with Crippen molar-refractivity contribution in [1.82, 2.24) is 0 Å². The van der Waals surface area contributed by atoms with Crippen LogP contribution in [0.5, 0.6) is 0 Å². The number of hydrogen-bond acceptors (Lipinski definition) is 3. The molecule has 0 amide bonds. The van der Waals surface area contributed by atoms with Crippen molar-refractivity contribution in [3.63, 3.8) is 0 Å². The number of rotatable bonds is 11. The minimum atomic E-state index is -4.38. The third-order valence-electron chi connectivity index (χ3n) is 4.54. The van der Waals surface area contributed by atoms with Crippen LogP contribution in [0.4, 0.5) is 0 Å². The van der Waals surface area contributed by atoms with E-state index >= 15 is 0 Å². The molecule has 0 heterocycles.